The van der Waals surface area contributed by atoms with Gasteiger partial charge in [-0.1, -0.05) is 28.1 Å². The standard InChI is InChI=1S/C9H11BrO2/c1-6-4-7(9(12)5-11)2-3-8(6)10/h2-4,9,11-12H,5H2,1H3. The van der Waals surface area contributed by atoms with E-state index in [4.69, 9.17) is 5.11 Å². The van der Waals surface area contributed by atoms with Crippen molar-refractivity contribution in [1.82, 2.24) is 0 Å². The van der Waals surface area contributed by atoms with Crippen molar-refractivity contribution >= 4 is 15.9 Å². The molecule has 1 aromatic carbocycles. The van der Waals surface area contributed by atoms with Gasteiger partial charge in [-0.2, -0.15) is 0 Å². The van der Waals surface area contributed by atoms with Gasteiger partial charge >= 0.3 is 0 Å². The van der Waals surface area contributed by atoms with Gasteiger partial charge in [0.1, 0.15) is 6.10 Å². The minimum Gasteiger partial charge on any atom is -0.393 e. The molecule has 12 heavy (non-hydrogen) atoms. The lowest BCUT2D eigenvalue weighted by atomic mass is 10.1. The average molecular weight is 231 g/mol. The number of hydrogen-bond acceptors (Lipinski definition) is 2. The number of aliphatic hydroxyl groups is 2. The molecule has 0 aliphatic carbocycles. The molecule has 1 unspecified atom stereocenters. The van der Waals surface area contributed by atoms with E-state index in [1.165, 1.54) is 0 Å². The van der Waals surface area contributed by atoms with Gasteiger partial charge in [0.25, 0.3) is 0 Å². The van der Waals surface area contributed by atoms with Crippen LogP contribution in [0.15, 0.2) is 22.7 Å². The molecular weight excluding hydrogens is 220 g/mol. The van der Waals surface area contributed by atoms with Crippen LogP contribution in [0.25, 0.3) is 0 Å². The molecule has 2 nitrogen and oxygen atoms in total. The zero-order valence-corrected chi connectivity index (χ0v) is 8.37. The predicted molar refractivity (Wildman–Crippen MR) is 50.9 cm³/mol. The fourth-order valence-electron chi connectivity index (χ4n) is 0.981. The molecule has 1 atom stereocenters. The summed E-state index contributed by atoms with van der Waals surface area (Å²) in [4.78, 5) is 0. The van der Waals surface area contributed by atoms with Crippen molar-refractivity contribution in [3.8, 4) is 0 Å². The van der Waals surface area contributed by atoms with Crippen molar-refractivity contribution in [2.24, 2.45) is 0 Å². The molecule has 0 radical (unpaired) electrons. The van der Waals surface area contributed by atoms with Crippen molar-refractivity contribution in [3.63, 3.8) is 0 Å². The molecule has 0 aromatic heterocycles. The highest BCUT2D eigenvalue weighted by Gasteiger charge is 2.06. The van der Waals surface area contributed by atoms with Crippen molar-refractivity contribution in [2.45, 2.75) is 13.0 Å². The van der Waals surface area contributed by atoms with Crippen LogP contribution in [0.4, 0.5) is 0 Å². The Morgan fingerprint density at radius 3 is 2.67 bits per heavy atom. The Morgan fingerprint density at radius 1 is 1.50 bits per heavy atom. The first-order valence-electron chi connectivity index (χ1n) is 3.70. The Morgan fingerprint density at radius 2 is 2.17 bits per heavy atom. The monoisotopic (exact) mass is 230 g/mol. The van der Waals surface area contributed by atoms with E-state index in [0.29, 0.717) is 0 Å². The van der Waals surface area contributed by atoms with Gasteiger partial charge in [0.05, 0.1) is 6.61 Å². The van der Waals surface area contributed by atoms with E-state index < -0.39 is 6.10 Å². The van der Waals surface area contributed by atoms with Crippen LogP contribution in [-0.4, -0.2) is 16.8 Å². The molecule has 2 N–H and O–H groups in total. The van der Waals surface area contributed by atoms with E-state index in [9.17, 15) is 5.11 Å². The minimum atomic E-state index is -0.767. The lowest BCUT2D eigenvalue weighted by Gasteiger charge is -2.08. The van der Waals surface area contributed by atoms with Crippen molar-refractivity contribution in [2.75, 3.05) is 6.61 Å². The van der Waals surface area contributed by atoms with Gasteiger partial charge in [-0.15, -0.1) is 0 Å². The maximum absolute atomic E-state index is 9.28. The second kappa shape index (κ2) is 4.03. The summed E-state index contributed by atoms with van der Waals surface area (Å²) in [5.74, 6) is 0. The molecule has 0 fully saturated rings. The van der Waals surface area contributed by atoms with Crippen LogP contribution in [0.3, 0.4) is 0 Å². The van der Waals surface area contributed by atoms with E-state index in [1.54, 1.807) is 6.07 Å². The molecule has 1 rings (SSSR count). The predicted octanol–water partition coefficient (Wildman–Crippen LogP) is 1.78. The number of rotatable bonds is 2. The summed E-state index contributed by atoms with van der Waals surface area (Å²) >= 11 is 3.36. The number of benzene rings is 1. The molecule has 0 aliphatic rings. The third kappa shape index (κ3) is 2.06. The number of aryl methyl sites for hydroxylation is 1. The first kappa shape index (κ1) is 9.71. The molecule has 1 aromatic rings. The van der Waals surface area contributed by atoms with E-state index >= 15 is 0 Å². The first-order valence-corrected chi connectivity index (χ1v) is 4.49. The van der Waals surface area contributed by atoms with Gasteiger partial charge in [0.15, 0.2) is 0 Å². The Labute approximate surface area is 80.0 Å². The Kier molecular flexibility index (Phi) is 3.26. The molecule has 0 spiro atoms. The van der Waals surface area contributed by atoms with Gasteiger partial charge in [0, 0.05) is 4.47 Å². The normalized spacial score (nSPS) is 13.0. The van der Waals surface area contributed by atoms with Gasteiger partial charge in [-0.05, 0) is 24.1 Å². The molecule has 0 amide bonds. The summed E-state index contributed by atoms with van der Waals surface area (Å²) in [5.41, 5.74) is 1.80. The van der Waals surface area contributed by atoms with Crippen LogP contribution in [0, 0.1) is 6.92 Å². The fourth-order valence-corrected chi connectivity index (χ4v) is 1.23. The maximum atomic E-state index is 9.28. The molecule has 3 heteroatoms. The highest BCUT2D eigenvalue weighted by Crippen LogP contribution is 2.20. The lowest BCUT2D eigenvalue weighted by Crippen LogP contribution is -2.02. The quantitative estimate of drug-likeness (QED) is 0.814. The molecule has 0 heterocycles. The zero-order valence-electron chi connectivity index (χ0n) is 6.79. The Bertz CT molecular complexity index is 273. The van der Waals surface area contributed by atoms with Crippen LogP contribution < -0.4 is 0 Å². The highest BCUT2D eigenvalue weighted by atomic mass is 79.9. The average Bonchev–Trinajstić information content (AvgIpc) is 2.08. The summed E-state index contributed by atoms with van der Waals surface area (Å²) in [7, 11) is 0. The molecular formula is C9H11BrO2. The second-order valence-corrected chi connectivity index (χ2v) is 3.56. The second-order valence-electron chi connectivity index (χ2n) is 2.71. The maximum Gasteiger partial charge on any atom is 0.102 e. The van der Waals surface area contributed by atoms with E-state index in [2.05, 4.69) is 15.9 Å². The van der Waals surface area contributed by atoms with E-state index in [1.807, 2.05) is 19.1 Å². The van der Waals surface area contributed by atoms with E-state index in [0.717, 1.165) is 15.6 Å². The Hall–Kier alpha value is -0.380. The van der Waals surface area contributed by atoms with Crippen molar-refractivity contribution < 1.29 is 10.2 Å². The number of halogens is 1. The zero-order chi connectivity index (χ0) is 9.14. The summed E-state index contributed by atoms with van der Waals surface area (Å²) in [6.45, 7) is 1.71. The van der Waals surface area contributed by atoms with Crippen LogP contribution in [0.5, 0.6) is 0 Å². The third-order valence-corrected chi connectivity index (χ3v) is 2.63. The summed E-state index contributed by atoms with van der Waals surface area (Å²) in [6, 6.07) is 5.51. The largest absolute Gasteiger partial charge is 0.393 e. The summed E-state index contributed by atoms with van der Waals surface area (Å²) < 4.78 is 1.01. The van der Waals surface area contributed by atoms with E-state index in [-0.39, 0.29) is 6.61 Å². The number of aliphatic hydroxyl groups excluding tert-OH is 2. The SMILES string of the molecule is Cc1cc(C(O)CO)ccc1Br. The smallest absolute Gasteiger partial charge is 0.102 e. The van der Waals surface area contributed by atoms with Crippen molar-refractivity contribution in [3.05, 3.63) is 33.8 Å². The highest BCUT2D eigenvalue weighted by molar-refractivity contribution is 9.10. The van der Waals surface area contributed by atoms with Gasteiger partial charge in [-0.3, -0.25) is 0 Å². The topological polar surface area (TPSA) is 40.5 Å². The first-order chi connectivity index (χ1) is 5.65. The lowest BCUT2D eigenvalue weighted by molar-refractivity contribution is 0.0956. The minimum absolute atomic E-state index is 0.235. The molecule has 0 saturated heterocycles. The van der Waals surface area contributed by atoms with Crippen LogP contribution in [0.2, 0.25) is 0 Å². The molecule has 0 bridgehead atoms. The van der Waals surface area contributed by atoms with Crippen LogP contribution in [0.1, 0.15) is 17.2 Å². The summed E-state index contributed by atoms with van der Waals surface area (Å²) in [6.07, 6.45) is -0.767. The van der Waals surface area contributed by atoms with Crippen molar-refractivity contribution in [1.29, 1.82) is 0 Å². The third-order valence-electron chi connectivity index (χ3n) is 1.74. The molecule has 0 aliphatic heterocycles. The molecule has 66 valence electrons. The van der Waals surface area contributed by atoms with Crippen LogP contribution in [-0.2, 0) is 0 Å². The Balaban J connectivity index is 2.96. The van der Waals surface area contributed by atoms with Gasteiger partial charge in [0.2, 0.25) is 0 Å². The number of hydrogen-bond donors (Lipinski definition) is 2. The van der Waals surface area contributed by atoms with Crippen LogP contribution >= 0.6 is 15.9 Å². The molecule has 0 saturated carbocycles. The van der Waals surface area contributed by atoms with Gasteiger partial charge in [-0.25, -0.2) is 0 Å². The van der Waals surface area contributed by atoms with Gasteiger partial charge < -0.3 is 10.2 Å². The fraction of sp³-hybridized carbons (Fsp3) is 0.333. The summed E-state index contributed by atoms with van der Waals surface area (Å²) in [5, 5.41) is 18.0.